The highest BCUT2D eigenvalue weighted by atomic mass is 35.5. The van der Waals surface area contributed by atoms with Crippen molar-refractivity contribution in [3.05, 3.63) is 33.8 Å². The molecule has 0 N–H and O–H groups in total. The summed E-state index contributed by atoms with van der Waals surface area (Å²) in [5.74, 6) is 0.181. The lowest BCUT2D eigenvalue weighted by Gasteiger charge is -2.30. The van der Waals surface area contributed by atoms with Gasteiger partial charge < -0.3 is 9.64 Å². The largest absolute Gasteiger partial charge is 0.464 e. The molecule has 1 aromatic rings. The van der Waals surface area contributed by atoms with Crippen LogP contribution in [0.4, 0.5) is 0 Å². The third-order valence-electron chi connectivity index (χ3n) is 3.73. The number of amides is 1. The van der Waals surface area contributed by atoms with Crippen molar-refractivity contribution in [2.75, 3.05) is 12.4 Å². The molecule has 1 fully saturated rings. The van der Waals surface area contributed by atoms with Gasteiger partial charge >= 0.3 is 5.97 Å². The van der Waals surface area contributed by atoms with E-state index in [1.165, 1.54) is 0 Å². The molecular formula is C17H21Cl2NO3S. The van der Waals surface area contributed by atoms with Crippen molar-refractivity contribution in [2.45, 2.75) is 38.6 Å². The summed E-state index contributed by atoms with van der Waals surface area (Å²) in [6, 6.07) is 4.19. The second-order valence-electron chi connectivity index (χ2n) is 5.99. The lowest BCUT2D eigenvalue weighted by molar-refractivity contribution is -0.148. The Labute approximate surface area is 156 Å². The lowest BCUT2D eigenvalue weighted by atomic mass is 10.1. The number of benzene rings is 1. The van der Waals surface area contributed by atoms with Gasteiger partial charge in [0.2, 0.25) is 0 Å². The summed E-state index contributed by atoms with van der Waals surface area (Å²) in [6.07, 6.45) is 0.750. The molecule has 1 aliphatic rings. The van der Waals surface area contributed by atoms with Crippen LogP contribution in [0.2, 0.25) is 10.0 Å². The van der Waals surface area contributed by atoms with E-state index < -0.39 is 6.04 Å². The molecule has 1 heterocycles. The maximum Gasteiger partial charge on any atom is 0.329 e. The predicted octanol–water partition coefficient (Wildman–Crippen LogP) is 4.49. The summed E-state index contributed by atoms with van der Waals surface area (Å²) in [4.78, 5) is 27.0. The Hall–Kier alpha value is -0.910. The molecule has 1 amide bonds. The third kappa shape index (κ3) is 4.19. The monoisotopic (exact) mass is 389 g/mol. The summed E-state index contributed by atoms with van der Waals surface area (Å²) >= 11 is 13.6. The molecule has 24 heavy (non-hydrogen) atoms. The fourth-order valence-corrected chi connectivity index (χ4v) is 4.32. The van der Waals surface area contributed by atoms with Crippen molar-refractivity contribution in [1.82, 2.24) is 4.90 Å². The van der Waals surface area contributed by atoms with Crippen LogP contribution < -0.4 is 0 Å². The molecule has 1 aromatic carbocycles. The van der Waals surface area contributed by atoms with Crippen LogP contribution in [0.3, 0.4) is 0 Å². The second kappa shape index (κ2) is 8.45. The molecule has 0 bridgehead atoms. The van der Waals surface area contributed by atoms with Gasteiger partial charge in [-0.15, -0.1) is 11.8 Å². The highest BCUT2D eigenvalue weighted by molar-refractivity contribution is 8.00. The zero-order chi connectivity index (χ0) is 17.9. The Morgan fingerprint density at radius 3 is 2.62 bits per heavy atom. The zero-order valence-electron chi connectivity index (χ0n) is 13.9. The van der Waals surface area contributed by atoms with E-state index in [1.807, 2.05) is 20.8 Å². The van der Waals surface area contributed by atoms with Gasteiger partial charge in [-0.05, 0) is 30.5 Å². The number of esters is 1. The predicted molar refractivity (Wildman–Crippen MR) is 98.8 cm³/mol. The van der Waals surface area contributed by atoms with Crippen LogP contribution in [-0.2, 0) is 9.53 Å². The molecule has 1 aliphatic heterocycles. The molecule has 0 unspecified atom stereocenters. The van der Waals surface area contributed by atoms with Gasteiger partial charge in [0.15, 0.2) is 0 Å². The van der Waals surface area contributed by atoms with Crippen LogP contribution in [0.1, 0.15) is 37.6 Å². The maximum atomic E-state index is 13.0. The molecule has 0 radical (unpaired) electrons. The van der Waals surface area contributed by atoms with E-state index in [2.05, 4.69) is 0 Å². The van der Waals surface area contributed by atoms with Gasteiger partial charge in [-0.25, -0.2) is 4.79 Å². The molecule has 2 atom stereocenters. The average Bonchev–Trinajstić information content (AvgIpc) is 2.99. The van der Waals surface area contributed by atoms with Crippen molar-refractivity contribution in [3.8, 4) is 0 Å². The van der Waals surface area contributed by atoms with Crippen molar-refractivity contribution in [1.29, 1.82) is 0 Å². The number of carbonyl (C=O) groups is 2. The second-order valence-corrected chi connectivity index (χ2v) is 7.96. The molecular weight excluding hydrogens is 369 g/mol. The minimum Gasteiger partial charge on any atom is -0.464 e. The number of rotatable bonds is 5. The van der Waals surface area contributed by atoms with E-state index in [-0.39, 0.29) is 23.2 Å². The molecule has 0 saturated carbocycles. The molecule has 0 aliphatic carbocycles. The van der Waals surface area contributed by atoms with Crippen LogP contribution in [0.5, 0.6) is 0 Å². The Morgan fingerprint density at radius 1 is 1.33 bits per heavy atom. The number of halogens is 2. The number of nitrogens with zero attached hydrogens (tertiary/aromatic N) is 1. The minimum atomic E-state index is -0.573. The van der Waals surface area contributed by atoms with E-state index in [4.69, 9.17) is 27.9 Å². The Morgan fingerprint density at radius 2 is 2.04 bits per heavy atom. The third-order valence-corrected chi connectivity index (χ3v) is 6.09. The number of carbonyl (C=O) groups excluding carboxylic acids is 2. The summed E-state index contributed by atoms with van der Waals surface area (Å²) < 4.78 is 5.27. The quantitative estimate of drug-likeness (QED) is 0.696. The first-order valence-corrected chi connectivity index (χ1v) is 9.73. The summed E-state index contributed by atoms with van der Waals surface area (Å²) in [5, 5.41) is 0.634. The number of hydrogen-bond donors (Lipinski definition) is 0. The molecule has 1 saturated heterocycles. The topological polar surface area (TPSA) is 46.6 Å². The lowest BCUT2D eigenvalue weighted by Crippen LogP contribution is -2.47. The summed E-state index contributed by atoms with van der Waals surface area (Å²) in [5.41, 5.74) is 0.422. The van der Waals surface area contributed by atoms with Gasteiger partial charge in [-0.2, -0.15) is 0 Å². The summed E-state index contributed by atoms with van der Waals surface area (Å²) in [6.45, 7) is 6.37. The van der Waals surface area contributed by atoms with E-state index in [9.17, 15) is 9.59 Å². The van der Waals surface area contributed by atoms with Gasteiger partial charge in [0.05, 0.1) is 22.0 Å². The van der Waals surface area contributed by atoms with Crippen molar-refractivity contribution in [2.24, 2.45) is 5.92 Å². The average molecular weight is 390 g/mol. The van der Waals surface area contributed by atoms with Gasteiger partial charge in [0.1, 0.15) is 6.04 Å². The molecule has 4 nitrogen and oxygen atoms in total. The molecule has 2 rings (SSSR count). The van der Waals surface area contributed by atoms with E-state index >= 15 is 0 Å². The van der Waals surface area contributed by atoms with Crippen LogP contribution in [-0.4, -0.2) is 40.6 Å². The molecule has 0 aromatic heterocycles. The highest BCUT2D eigenvalue weighted by Gasteiger charge is 2.43. The molecule has 0 spiro atoms. The van der Waals surface area contributed by atoms with Crippen LogP contribution in [0.25, 0.3) is 0 Å². The normalized spacial score (nSPS) is 20.5. The van der Waals surface area contributed by atoms with Crippen molar-refractivity contribution >= 4 is 46.8 Å². The van der Waals surface area contributed by atoms with Crippen LogP contribution in [0.15, 0.2) is 18.2 Å². The maximum absolute atomic E-state index is 13.0. The number of thioether (sulfide) groups is 1. The highest BCUT2D eigenvalue weighted by Crippen LogP contribution is 2.36. The van der Waals surface area contributed by atoms with Gasteiger partial charge in [-0.1, -0.05) is 44.0 Å². The van der Waals surface area contributed by atoms with Crippen molar-refractivity contribution < 1.29 is 14.3 Å². The van der Waals surface area contributed by atoms with Crippen LogP contribution >= 0.6 is 35.0 Å². The minimum absolute atomic E-state index is 0.0777. The Bertz CT molecular complexity index is 624. The Kier molecular flexibility index (Phi) is 6.84. The number of ether oxygens (including phenoxy) is 1. The van der Waals surface area contributed by atoms with Gasteiger partial charge in [0, 0.05) is 11.3 Å². The zero-order valence-corrected chi connectivity index (χ0v) is 16.2. The number of hydrogen-bond acceptors (Lipinski definition) is 4. The fraction of sp³-hybridized carbons (Fsp3) is 0.529. The van der Waals surface area contributed by atoms with Gasteiger partial charge in [0.25, 0.3) is 5.91 Å². The fourth-order valence-electron chi connectivity index (χ4n) is 2.56. The molecule has 132 valence electrons. The van der Waals surface area contributed by atoms with E-state index in [1.54, 1.807) is 34.9 Å². The summed E-state index contributed by atoms with van der Waals surface area (Å²) in [7, 11) is 0. The van der Waals surface area contributed by atoms with E-state index in [0.717, 1.165) is 6.42 Å². The van der Waals surface area contributed by atoms with Crippen LogP contribution in [0, 0.1) is 5.92 Å². The SMILES string of the molecule is CCCOC(=O)[C@H]1CS[C@@H](C(C)C)N1C(=O)c1ccc(Cl)c(Cl)c1. The van der Waals surface area contributed by atoms with Gasteiger partial charge in [-0.3, -0.25) is 4.79 Å². The standard InChI is InChI=1S/C17H21Cl2NO3S/c1-4-7-23-17(22)14-9-24-16(10(2)3)20(14)15(21)11-5-6-12(18)13(19)8-11/h5-6,8,10,14,16H,4,7,9H2,1-3H3/t14-,16+/m1/s1. The first-order valence-electron chi connectivity index (χ1n) is 7.92. The first-order chi connectivity index (χ1) is 11.4. The Balaban J connectivity index is 2.29. The van der Waals surface area contributed by atoms with Crippen molar-refractivity contribution in [3.63, 3.8) is 0 Å². The smallest absolute Gasteiger partial charge is 0.329 e. The first kappa shape index (κ1) is 19.4. The molecule has 7 heteroatoms. The van der Waals surface area contributed by atoms with E-state index in [0.29, 0.717) is 28.0 Å².